The zero-order chi connectivity index (χ0) is 48.1. The van der Waals surface area contributed by atoms with Gasteiger partial charge in [-0.05, 0) is 166 Å². The van der Waals surface area contributed by atoms with Crippen molar-refractivity contribution >= 4 is 10.9 Å². The van der Waals surface area contributed by atoms with E-state index in [2.05, 4.69) is 243 Å². The van der Waals surface area contributed by atoms with Crippen LogP contribution in [0.4, 0.5) is 0 Å². The molecule has 0 amide bonds. The summed E-state index contributed by atoms with van der Waals surface area (Å²) in [6, 6.07) is 79.9. The fourth-order valence-electron chi connectivity index (χ4n) is 9.92. The van der Waals surface area contributed by atoms with E-state index >= 15 is 0 Å². The summed E-state index contributed by atoms with van der Waals surface area (Å²) in [6.07, 6.45) is 7.56. The van der Waals surface area contributed by atoms with Crippen molar-refractivity contribution in [3.8, 4) is 78.3 Å². The van der Waals surface area contributed by atoms with Gasteiger partial charge >= 0.3 is 0 Å². The Morgan fingerprint density at radius 3 is 1.58 bits per heavy atom. The van der Waals surface area contributed by atoms with Crippen LogP contribution < -0.4 is 0 Å². The molecule has 0 N–H and O–H groups in total. The van der Waals surface area contributed by atoms with Gasteiger partial charge in [0.25, 0.3) is 0 Å². The lowest BCUT2D eigenvalue weighted by atomic mass is 9.86. The van der Waals surface area contributed by atoms with Gasteiger partial charge in [0, 0.05) is 34.5 Å². The van der Waals surface area contributed by atoms with Crippen molar-refractivity contribution in [1.82, 2.24) is 15.0 Å². The van der Waals surface area contributed by atoms with E-state index in [1.807, 2.05) is 18.5 Å². The fraction of sp³-hybridized carbons (Fsp3) is 0.103. The lowest BCUT2D eigenvalue weighted by molar-refractivity contribution is 0.931. The van der Waals surface area contributed by atoms with Gasteiger partial charge in [-0.3, -0.25) is 9.97 Å². The molecule has 0 aliphatic rings. The molecule has 0 aliphatic carbocycles. The summed E-state index contributed by atoms with van der Waals surface area (Å²) < 4.78 is 0. The van der Waals surface area contributed by atoms with Gasteiger partial charge in [-0.1, -0.05) is 182 Å². The number of pyridine rings is 3. The number of rotatable bonds is 13. The first-order chi connectivity index (χ1) is 34.9. The number of fused-ring (bicyclic) bond motifs is 1. The number of aryl methyl sites for hydroxylation is 7. The first-order valence-corrected chi connectivity index (χ1v) is 24.8. The van der Waals surface area contributed by atoms with E-state index in [4.69, 9.17) is 4.98 Å². The average molecular weight is 914 g/mol. The molecule has 3 aromatic heterocycles. The predicted octanol–water partition coefficient (Wildman–Crippen LogP) is 17.2. The minimum atomic E-state index is 0.926. The predicted molar refractivity (Wildman–Crippen MR) is 297 cm³/mol. The summed E-state index contributed by atoms with van der Waals surface area (Å²) in [5, 5.41) is 1.18. The van der Waals surface area contributed by atoms with Crippen LogP contribution in [-0.2, 0) is 25.7 Å². The highest BCUT2D eigenvalue weighted by Gasteiger charge is 2.17. The highest BCUT2D eigenvalue weighted by molar-refractivity contribution is 5.94. The Hall–Kier alpha value is -8.53. The zero-order valence-corrected chi connectivity index (χ0v) is 40.6. The van der Waals surface area contributed by atoms with Gasteiger partial charge in [0.05, 0.1) is 22.6 Å². The van der Waals surface area contributed by atoms with E-state index in [-0.39, 0.29) is 0 Å². The Morgan fingerprint density at radius 2 is 0.887 bits per heavy atom. The van der Waals surface area contributed by atoms with E-state index in [0.29, 0.717) is 0 Å². The second kappa shape index (κ2) is 20.2. The summed E-state index contributed by atoms with van der Waals surface area (Å²) >= 11 is 0. The largest absolute Gasteiger partial charge is 0.256 e. The van der Waals surface area contributed by atoms with Crippen LogP contribution in [0.25, 0.3) is 89.2 Å². The first kappa shape index (κ1) is 44.9. The third kappa shape index (κ3) is 10.1. The molecule has 0 saturated carbocycles. The smallest absolute Gasteiger partial charge is 0.0712 e. The van der Waals surface area contributed by atoms with E-state index in [9.17, 15) is 0 Å². The number of nitrogens with zero attached hydrogens (tertiary/aromatic N) is 3. The molecule has 0 fully saturated rings. The SMILES string of the molecule is Cc1ccc(-c2ccc(CCc3cc(CCc4ccc(-c5cc(C)ccn5)cc4)cc(-c4ccccc4-c4ccc(-c5cc(C)c6ccccc6n5)cc4-c4ccc(-c5ccccc5)cc4)c3)cc2)nc1. The molecule has 0 radical (unpaired) electrons. The van der Waals surface area contributed by atoms with E-state index in [0.717, 1.165) is 70.5 Å². The monoisotopic (exact) mass is 913 g/mol. The maximum absolute atomic E-state index is 5.20. The summed E-state index contributed by atoms with van der Waals surface area (Å²) in [4.78, 5) is 14.5. The standard InChI is InChI=1S/C68H55N3/c1-46-37-38-69-67(39-46)57-28-24-50(25-29-57)19-21-52-41-51(20-18-49-22-26-56(27-23-49)65-36-17-47(2)45-70-65)42-59(43-52)61-14-7-8-15-62(61)63-35-34-58(68-40-48(3)60-13-9-10-16-66(60)71-68)44-64(63)55-32-30-54(31-33-55)53-11-5-4-6-12-53/h4-17,22-45H,18-21H2,1-3H3. The average Bonchev–Trinajstić information content (AvgIpc) is 3.42. The lowest BCUT2D eigenvalue weighted by Gasteiger charge is -2.18. The van der Waals surface area contributed by atoms with E-state index in [1.54, 1.807) is 0 Å². The fourth-order valence-corrected chi connectivity index (χ4v) is 9.92. The molecule has 3 nitrogen and oxygen atoms in total. The Bertz CT molecular complexity index is 3630. The Morgan fingerprint density at radius 1 is 0.310 bits per heavy atom. The van der Waals surface area contributed by atoms with Crippen molar-refractivity contribution in [2.75, 3.05) is 0 Å². The molecule has 8 aromatic carbocycles. The topological polar surface area (TPSA) is 38.7 Å². The minimum absolute atomic E-state index is 0.926. The molecular weight excluding hydrogens is 859 g/mol. The quantitative estimate of drug-likeness (QED) is 0.116. The van der Waals surface area contributed by atoms with Crippen molar-refractivity contribution in [2.24, 2.45) is 0 Å². The maximum atomic E-state index is 5.20. The van der Waals surface area contributed by atoms with Crippen LogP contribution in [0.15, 0.2) is 231 Å². The minimum Gasteiger partial charge on any atom is -0.256 e. The van der Waals surface area contributed by atoms with Gasteiger partial charge in [-0.15, -0.1) is 0 Å². The molecule has 0 spiro atoms. The molecule has 11 rings (SSSR count). The molecule has 71 heavy (non-hydrogen) atoms. The van der Waals surface area contributed by atoms with Crippen LogP contribution in [-0.4, -0.2) is 15.0 Å². The summed E-state index contributed by atoms with van der Waals surface area (Å²) in [5.41, 5.74) is 25.9. The Labute approximate surface area is 418 Å². The lowest BCUT2D eigenvalue weighted by Crippen LogP contribution is -1.98. The van der Waals surface area contributed by atoms with Crippen LogP contribution >= 0.6 is 0 Å². The van der Waals surface area contributed by atoms with Crippen LogP contribution in [0.5, 0.6) is 0 Å². The third-order valence-electron chi connectivity index (χ3n) is 13.9. The molecular formula is C68H55N3. The van der Waals surface area contributed by atoms with E-state index < -0.39 is 0 Å². The second-order valence-electron chi connectivity index (χ2n) is 19.0. The van der Waals surface area contributed by atoms with Crippen molar-refractivity contribution in [3.63, 3.8) is 0 Å². The normalized spacial score (nSPS) is 11.3. The van der Waals surface area contributed by atoms with Gasteiger partial charge in [-0.2, -0.15) is 0 Å². The summed E-state index contributed by atoms with van der Waals surface area (Å²) in [5.74, 6) is 0. The van der Waals surface area contributed by atoms with Gasteiger partial charge in [0.1, 0.15) is 0 Å². The Balaban J connectivity index is 0.970. The van der Waals surface area contributed by atoms with Crippen LogP contribution in [0, 0.1) is 20.8 Å². The molecule has 0 unspecified atom stereocenters. The molecule has 0 saturated heterocycles. The van der Waals surface area contributed by atoms with Crippen molar-refractivity contribution in [1.29, 1.82) is 0 Å². The van der Waals surface area contributed by atoms with Crippen LogP contribution in [0.3, 0.4) is 0 Å². The third-order valence-corrected chi connectivity index (χ3v) is 13.9. The highest BCUT2D eigenvalue weighted by Crippen LogP contribution is 2.42. The van der Waals surface area contributed by atoms with Gasteiger partial charge in [0.15, 0.2) is 0 Å². The molecule has 11 aromatic rings. The van der Waals surface area contributed by atoms with E-state index in [1.165, 1.54) is 83.3 Å². The molecule has 342 valence electrons. The number of hydrogen-bond acceptors (Lipinski definition) is 3. The molecule has 3 heteroatoms. The van der Waals surface area contributed by atoms with Crippen molar-refractivity contribution in [3.05, 3.63) is 270 Å². The molecule has 3 heterocycles. The van der Waals surface area contributed by atoms with Gasteiger partial charge in [-0.25, -0.2) is 4.98 Å². The highest BCUT2D eigenvalue weighted by atomic mass is 14.7. The number of para-hydroxylation sites is 1. The van der Waals surface area contributed by atoms with Crippen LogP contribution in [0.2, 0.25) is 0 Å². The Kier molecular flexibility index (Phi) is 12.8. The number of aromatic nitrogens is 3. The summed E-state index contributed by atoms with van der Waals surface area (Å²) in [7, 11) is 0. The summed E-state index contributed by atoms with van der Waals surface area (Å²) in [6.45, 7) is 6.38. The van der Waals surface area contributed by atoms with Crippen LogP contribution in [0.1, 0.15) is 38.9 Å². The van der Waals surface area contributed by atoms with Crippen molar-refractivity contribution in [2.45, 2.75) is 46.5 Å². The van der Waals surface area contributed by atoms with Crippen molar-refractivity contribution < 1.29 is 0 Å². The molecule has 0 atom stereocenters. The van der Waals surface area contributed by atoms with Gasteiger partial charge in [0.2, 0.25) is 0 Å². The molecule has 0 aliphatic heterocycles. The zero-order valence-electron chi connectivity index (χ0n) is 40.6. The molecule has 0 bridgehead atoms. The number of hydrogen-bond donors (Lipinski definition) is 0. The maximum Gasteiger partial charge on any atom is 0.0712 e. The first-order valence-electron chi connectivity index (χ1n) is 24.8. The number of benzene rings is 8. The van der Waals surface area contributed by atoms with Gasteiger partial charge < -0.3 is 0 Å². The second-order valence-corrected chi connectivity index (χ2v) is 19.0.